The first-order valence-corrected chi connectivity index (χ1v) is 15.2. The van der Waals surface area contributed by atoms with Crippen molar-refractivity contribution in [2.45, 2.75) is 125 Å². The molecule has 10 atom stereocenters. The molecule has 0 radical (unpaired) electrons. The van der Waals surface area contributed by atoms with Crippen LogP contribution in [0.3, 0.4) is 0 Å². The molecule has 0 spiro atoms. The third-order valence-electron chi connectivity index (χ3n) is 12.4. The van der Waals surface area contributed by atoms with Crippen LogP contribution in [0.2, 0.25) is 0 Å². The molecule has 3 saturated carbocycles. The number of fused-ring (bicyclic) bond motifs is 5. The van der Waals surface area contributed by atoms with Gasteiger partial charge in [0.1, 0.15) is 18.5 Å². The second kappa shape index (κ2) is 10.4. The quantitative estimate of drug-likeness (QED) is 0.265. The van der Waals surface area contributed by atoms with E-state index in [-0.39, 0.29) is 29.0 Å². The summed E-state index contributed by atoms with van der Waals surface area (Å²) in [7, 11) is 0. The van der Waals surface area contributed by atoms with E-state index in [0.717, 1.165) is 12.7 Å². The summed E-state index contributed by atoms with van der Waals surface area (Å²) in [5, 5.41) is 0. The highest BCUT2D eigenvalue weighted by molar-refractivity contribution is 5.97. The molecule has 4 unspecified atom stereocenters. The molecule has 39 heavy (non-hydrogen) atoms. The van der Waals surface area contributed by atoms with Crippen LogP contribution in [0, 0.1) is 45.3 Å². The highest BCUT2D eigenvalue weighted by Gasteiger charge is 2.69. The number of rotatable bonds is 7. The van der Waals surface area contributed by atoms with Crippen molar-refractivity contribution in [2.24, 2.45) is 45.3 Å². The summed E-state index contributed by atoms with van der Waals surface area (Å²) in [6, 6.07) is 0. The predicted octanol–water partition coefficient (Wildman–Crippen LogP) is 6.64. The first-order valence-electron chi connectivity index (χ1n) is 15.2. The summed E-state index contributed by atoms with van der Waals surface area (Å²) in [6.45, 7) is 16.4. The van der Waals surface area contributed by atoms with Gasteiger partial charge in [0.2, 0.25) is 0 Å². The Labute approximate surface area is 235 Å². The number of carbonyl (C=O) groups excluding carboxylic acids is 4. The Morgan fingerprint density at radius 2 is 1.69 bits per heavy atom. The molecule has 6 nitrogen and oxygen atoms in total. The normalized spacial score (nSPS) is 44.0. The average Bonchev–Trinajstić information content (AvgIpc) is 2.83. The summed E-state index contributed by atoms with van der Waals surface area (Å²) in [4.78, 5) is 50.2. The fourth-order valence-corrected chi connectivity index (χ4v) is 10.4. The van der Waals surface area contributed by atoms with Gasteiger partial charge in [0.25, 0.3) is 0 Å². The van der Waals surface area contributed by atoms with E-state index in [9.17, 15) is 19.2 Å². The van der Waals surface area contributed by atoms with E-state index in [0.29, 0.717) is 35.7 Å². The zero-order valence-electron chi connectivity index (χ0n) is 25.4. The van der Waals surface area contributed by atoms with E-state index in [1.165, 1.54) is 46.0 Å². The van der Waals surface area contributed by atoms with Crippen LogP contribution in [0.5, 0.6) is 0 Å². The topological polar surface area (TPSA) is 86.7 Å². The molecular formula is C33H50O6. The highest BCUT2D eigenvalue weighted by atomic mass is 16.6. The Balaban J connectivity index is 1.78. The Morgan fingerprint density at radius 1 is 1.03 bits per heavy atom. The van der Waals surface area contributed by atoms with E-state index >= 15 is 0 Å². The number of Topliss-reactive ketones (excluding diaryl/α,β-unsaturated/α-hetero) is 1. The van der Waals surface area contributed by atoms with Crippen LogP contribution in [0.4, 0.5) is 0 Å². The van der Waals surface area contributed by atoms with Crippen LogP contribution >= 0.6 is 0 Å². The number of aldehydes is 1. The van der Waals surface area contributed by atoms with Gasteiger partial charge in [-0.3, -0.25) is 14.4 Å². The molecule has 6 heteroatoms. The van der Waals surface area contributed by atoms with E-state index < -0.39 is 35.5 Å². The van der Waals surface area contributed by atoms with Crippen molar-refractivity contribution in [1.82, 2.24) is 0 Å². The van der Waals surface area contributed by atoms with Crippen molar-refractivity contribution in [3.05, 3.63) is 11.6 Å². The lowest BCUT2D eigenvalue weighted by Gasteiger charge is -2.70. The Kier molecular flexibility index (Phi) is 8.04. The monoisotopic (exact) mass is 542 g/mol. The van der Waals surface area contributed by atoms with Crippen molar-refractivity contribution < 1.29 is 28.7 Å². The number of ether oxygens (including phenoxy) is 2. The zero-order valence-corrected chi connectivity index (χ0v) is 25.4. The fourth-order valence-electron chi connectivity index (χ4n) is 10.4. The molecular weight excluding hydrogens is 492 g/mol. The number of allylic oxidation sites excluding steroid dienone is 2. The van der Waals surface area contributed by atoms with Gasteiger partial charge in [0.15, 0.2) is 5.78 Å². The minimum atomic E-state index is -0.686. The third kappa shape index (κ3) is 4.72. The zero-order chi connectivity index (χ0) is 29.0. The second-order valence-electron chi connectivity index (χ2n) is 14.3. The largest absolute Gasteiger partial charge is 0.462 e. The second-order valence-corrected chi connectivity index (χ2v) is 14.3. The van der Waals surface area contributed by atoms with E-state index in [1.54, 1.807) is 6.92 Å². The molecule has 4 aliphatic rings. The lowest BCUT2D eigenvalue weighted by Crippen LogP contribution is -2.67. The molecule has 0 bridgehead atoms. The van der Waals surface area contributed by atoms with Crippen LogP contribution in [-0.2, 0) is 28.7 Å². The standard InChI is InChI=1S/C33H50O6/c1-9-30(5)14-10-15-31(6)25(30)13-16-32(7)26-12-11-23(21(3)35)24(19-34)33(26,8)28(18-27(31)32)39-29(37)17-20(2)38-22(4)36/h11,19-20,24-28H,9-10,12-18H2,1-8H3/t20?,24-,25?,26?,27?,28-,30-,31-,32-,33+/m0/s1. The Morgan fingerprint density at radius 3 is 2.28 bits per heavy atom. The number of ketones is 1. The van der Waals surface area contributed by atoms with E-state index in [4.69, 9.17) is 9.47 Å². The molecule has 0 saturated heterocycles. The Hall–Kier alpha value is -1.98. The lowest BCUT2D eigenvalue weighted by atomic mass is 9.34. The molecule has 218 valence electrons. The summed E-state index contributed by atoms with van der Waals surface area (Å²) in [6.07, 6.45) is 10.3. The maximum atomic E-state index is 13.3. The van der Waals surface area contributed by atoms with Crippen LogP contribution in [0.25, 0.3) is 0 Å². The first kappa shape index (κ1) is 30.0. The van der Waals surface area contributed by atoms with Gasteiger partial charge < -0.3 is 14.3 Å². The number of esters is 2. The number of hydrogen-bond acceptors (Lipinski definition) is 6. The highest BCUT2D eigenvalue weighted by Crippen LogP contribution is 2.73. The molecule has 0 aromatic carbocycles. The minimum absolute atomic E-state index is 0.0278. The SMILES string of the molecule is CC[C@@]1(C)CCC[C@@]2(C)C1CC[C@]1(C)C2C[C@H](OC(=O)CC(C)OC(C)=O)[C@@]2(C)C1CC=C(C(C)=O)[C@@H]2C=O. The fraction of sp³-hybridized carbons (Fsp3) is 0.818. The summed E-state index contributed by atoms with van der Waals surface area (Å²) in [5.74, 6) is -0.490. The molecule has 4 rings (SSSR count). The van der Waals surface area contributed by atoms with Gasteiger partial charge in [-0.25, -0.2) is 0 Å². The maximum absolute atomic E-state index is 13.3. The van der Waals surface area contributed by atoms with Gasteiger partial charge in [-0.05, 0) is 86.4 Å². The van der Waals surface area contributed by atoms with Gasteiger partial charge >= 0.3 is 11.9 Å². The Bertz CT molecular complexity index is 1050. The van der Waals surface area contributed by atoms with Gasteiger partial charge in [-0.1, -0.05) is 53.5 Å². The van der Waals surface area contributed by atoms with Gasteiger partial charge in [0.05, 0.1) is 12.3 Å². The summed E-state index contributed by atoms with van der Waals surface area (Å²) < 4.78 is 11.6. The molecule has 4 aliphatic carbocycles. The molecule has 0 heterocycles. The smallest absolute Gasteiger partial charge is 0.309 e. The lowest BCUT2D eigenvalue weighted by molar-refractivity contribution is -0.240. The number of hydrogen-bond donors (Lipinski definition) is 0. The molecule has 0 aromatic rings. The number of carbonyl (C=O) groups is 4. The van der Waals surface area contributed by atoms with Gasteiger partial charge in [-0.2, -0.15) is 0 Å². The minimum Gasteiger partial charge on any atom is -0.462 e. The maximum Gasteiger partial charge on any atom is 0.309 e. The first-order chi connectivity index (χ1) is 18.2. The van der Waals surface area contributed by atoms with Crippen molar-refractivity contribution in [2.75, 3.05) is 0 Å². The van der Waals surface area contributed by atoms with E-state index in [1.807, 2.05) is 6.08 Å². The third-order valence-corrected chi connectivity index (χ3v) is 12.4. The van der Waals surface area contributed by atoms with Gasteiger partial charge in [-0.15, -0.1) is 0 Å². The molecule has 0 amide bonds. The summed E-state index contributed by atoms with van der Waals surface area (Å²) >= 11 is 0. The van der Waals surface area contributed by atoms with Crippen LogP contribution in [0.15, 0.2) is 11.6 Å². The van der Waals surface area contributed by atoms with Crippen LogP contribution < -0.4 is 0 Å². The van der Waals surface area contributed by atoms with Crippen molar-refractivity contribution in [1.29, 1.82) is 0 Å². The molecule has 0 aliphatic heterocycles. The van der Waals surface area contributed by atoms with Gasteiger partial charge in [0, 0.05) is 17.9 Å². The van der Waals surface area contributed by atoms with Crippen molar-refractivity contribution in [3.63, 3.8) is 0 Å². The molecule has 0 aromatic heterocycles. The van der Waals surface area contributed by atoms with Crippen molar-refractivity contribution >= 4 is 24.0 Å². The molecule has 0 N–H and O–H groups in total. The van der Waals surface area contributed by atoms with Crippen LogP contribution in [0.1, 0.15) is 113 Å². The predicted molar refractivity (Wildman–Crippen MR) is 150 cm³/mol. The summed E-state index contributed by atoms with van der Waals surface area (Å²) in [5.41, 5.74) is 0.264. The molecule has 3 fully saturated rings. The van der Waals surface area contributed by atoms with E-state index in [2.05, 4.69) is 34.6 Å². The van der Waals surface area contributed by atoms with Crippen LogP contribution in [-0.4, -0.2) is 36.2 Å². The average molecular weight is 543 g/mol. The van der Waals surface area contributed by atoms with Crippen molar-refractivity contribution in [3.8, 4) is 0 Å².